The summed E-state index contributed by atoms with van der Waals surface area (Å²) in [5.74, 6) is 0.868. The van der Waals surface area contributed by atoms with Crippen molar-refractivity contribution in [2.24, 2.45) is 5.92 Å². The number of nitrogens with one attached hydrogen (secondary N) is 1. The Labute approximate surface area is 96.3 Å². The van der Waals surface area contributed by atoms with Crippen LogP contribution < -0.4 is 5.32 Å². The molecule has 0 aliphatic heterocycles. The number of hydrogen-bond donors (Lipinski definition) is 1. The molecule has 0 bridgehead atoms. The topological polar surface area (TPSA) is 24.9 Å². The van der Waals surface area contributed by atoms with Crippen LogP contribution in [0.2, 0.25) is 0 Å². The third-order valence-corrected chi connectivity index (χ3v) is 2.87. The molecular formula is C13H19FN2. The lowest BCUT2D eigenvalue weighted by molar-refractivity contribution is 0.559. The molecule has 3 heteroatoms. The second-order valence-electron chi connectivity index (χ2n) is 5.60. The Morgan fingerprint density at radius 1 is 1.38 bits per heavy atom. The Balaban J connectivity index is 2.14. The fraction of sp³-hybridized carbons (Fsp3) is 0.615. The fourth-order valence-electron chi connectivity index (χ4n) is 1.55. The first-order valence-corrected chi connectivity index (χ1v) is 5.88. The van der Waals surface area contributed by atoms with E-state index in [1.165, 1.54) is 18.9 Å². The van der Waals surface area contributed by atoms with E-state index in [2.05, 4.69) is 31.1 Å². The molecule has 2 nitrogen and oxygen atoms in total. The van der Waals surface area contributed by atoms with Crippen molar-refractivity contribution in [3.8, 4) is 0 Å². The van der Waals surface area contributed by atoms with E-state index in [-0.39, 0.29) is 11.2 Å². The molecule has 1 fully saturated rings. The van der Waals surface area contributed by atoms with Crippen LogP contribution in [0, 0.1) is 11.7 Å². The predicted octanol–water partition coefficient (Wildman–Crippen LogP) is 3.34. The van der Waals surface area contributed by atoms with Gasteiger partial charge in [-0.3, -0.25) is 0 Å². The predicted molar refractivity (Wildman–Crippen MR) is 64.1 cm³/mol. The molecule has 88 valence electrons. The summed E-state index contributed by atoms with van der Waals surface area (Å²) in [6.45, 7) is 7.09. The fourth-order valence-corrected chi connectivity index (χ4v) is 1.55. The maximum Gasteiger partial charge on any atom is 0.165 e. The highest BCUT2D eigenvalue weighted by atomic mass is 19.1. The number of rotatable bonds is 3. The Kier molecular flexibility index (Phi) is 2.87. The summed E-state index contributed by atoms with van der Waals surface area (Å²) in [5, 5.41) is 3.10. The van der Waals surface area contributed by atoms with Crippen LogP contribution in [0.4, 0.5) is 10.2 Å². The summed E-state index contributed by atoms with van der Waals surface area (Å²) in [4.78, 5) is 4.36. The second kappa shape index (κ2) is 4.04. The molecule has 1 heterocycles. The number of halogens is 1. The van der Waals surface area contributed by atoms with Gasteiger partial charge in [-0.25, -0.2) is 9.37 Å². The van der Waals surface area contributed by atoms with E-state index in [9.17, 15) is 4.39 Å². The SMILES string of the molecule is CC(C)(C)c1ccc(F)c(NCC2CC2)n1. The van der Waals surface area contributed by atoms with E-state index < -0.39 is 0 Å². The van der Waals surface area contributed by atoms with Gasteiger partial charge < -0.3 is 5.32 Å². The summed E-state index contributed by atoms with van der Waals surface area (Å²) >= 11 is 0. The first-order valence-electron chi connectivity index (χ1n) is 5.88. The molecule has 1 aliphatic carbocycles. The molecule has 1 saturated carbocycles. The molecule has 2 rings (SSSR count). The van der Waals surface area contributed by atoms with Crippen LogP contribution in [0.1, 0.15) is 39.3 Å². The molecule has 16 heavy (non-hydrogen) atoms. The number of anilines is 1. The first-order chi connectivity index (χ1) is 7.47. The smallest absolute Gasteiger partial charge is 0.165 e. The van der Waals surface area contributed by atoms with Gasteiger partial charge in [-0.1, -0.05) is 20.8 Å². The van der Waals surface area contributed by atoms with Crippen molar-refractivity contribution in [2.75, 3.05) is 11.9 Å². The van der Waals surface area contributed by atoms with E-state index in [1.807, 2.05) is 0 Å². The van der Waals surface area contributed by atoms with Gasteiger partial charge in [0.05, 0.1) is 0 Å². The quantitative estimate of drug-likeness (QED) is 0.848. The van der Waals surface area contributed by atoms with Gasteiger partial charge in [0.2, 0.25) is 0 Å². The van der Waals surface area contributed by atoms with Gasteiger partial charge in [-0.15, -0.1) is 0 Å². The Bertz CT molecular complexity index is 378. The van der Waals surface area contributed by atoms with Crippen molar-refractivity contribution in [3.63, 3.8) is 0 Å². The van der Waals surface area contributed by atoms with Crippen LogP contribution >= 0.6 is 0 Å². The Morgan fingerprint density at radius 3 is 2.62 bits per heavy atom. The van der Waals surface area contributed by atoms with Gasteiger partial charge in [0.1, 0.15) is 0 Å². The van der Waals surface area contributed by atoms with E-state index in [4.69, 9.17) is 0 Å². The van der Waals surface area contributed by atoms with Crippen LogP contribution in [-0.2, 0) is 5.41 Å². The molecule has 1 aromatic heterocycles. The minimum Gasteiger partial charge on any atom is -0.367 e. The van der Waals surface area contributed by atoms with Crippen molar-refractivity contribution >= 4 is 5.82 Å². The maximum atomic E-state index is 13.5. The largest absolute Gasteiger partial charge is 0.367 e. The Hall–Kier alpha value is -1.12. The van der Waals surface area contributed by atoms with Crippen LogP contribution in [0.15, 0.2) is 12.1 Å². The lowest BCUT2D eigenvalue weighted by Gasteiger charge is -2.19. The van der Waals surface area contributed by atoms with Gasteiger partial charge in [0, 0.05) is 17.7 Å². The minimum absolute atomic E-state index is 0.0380. The van der Waals surface area contributed by atoms with Crippen molar-refractivity contribution in [3.05, 3.63) is 23.6 Å². The third kappa shape index (κ3) is 2.71. The normalized spacial score (nSPS) is 16.2. The minimum atomic E-state index is -0.256. The highest BCUT2D eigenvalue weighted by Crippen LogP contribution is 2.29. The molecule has 0 atom stereocenters. The summed E-state index contributed by atoms with van der Waals surface area (Å²) in [6.07, 6.45) is 2.52. The molecule has 0 unspecified atom stereocenters. The van der Waals surface area contributed by atoms with Crippen molar-refractivity contribution in [1.29, 1.82) is 0 Å². The summed E-state index contributed by atoms with van der Waals surface area (Å²) in [6, 6.07) is 3.26. The molecule has 0 spiro atoms. The van der Waals surface area contributed by atoms with E-state index in [0.29, 0.717) is 5.82 Å². The molecule has 0 saturated heterocycles. The van der Waals surface area contributed by atoms with Crippen LogP contribution in [0.25, 0.3) is 0 Å². The zero-order valence-electron chi connectivity index (χ0n) is 10.2. The van der Waals surface area contributed by atoms with Crippen molar-refractivity contribution in [1.82, 2.24) is 4.98 Å². The summed E-state index contributed by atoms with van der Waals surface area (Å²) < 4.78 is 13.5. The Morgan fingerprint density at radius 2 is 2.06 bits per heavy atom. The number of nitrogens with zero attached hydrogens (tertiary/aromatic N) is 1. The molecule has 0 aromatic carbocycles. The average Bonchev–Trinajstić information content (AvgIpc) is 2.98. The summed E-state index contributed by atoms with van der Waals surface area (Å²) in [7, 11) is 0. The first kappa shape index (κ1) is 11.4. The zero-order valence-corrected chi connectivity index (χ0v) is 10.2. The number of hydrogen-bond acceptors (Lipinski definition) is 2. The highest BCUT2D eigenvalue weighted by molar-refractivity contribution is 5.38. The number of aromatic nitrogens is 1. The second-order valence-corrected chi connectivity index (χ2v) is 5.60. The van der Waals surface area contributed by atoms with E-state index in [0.717, 1.165) is 18.2 Å². The third-order valence-electron chi connectivity index (χ3n) is 2.87. The van der Waals surface area contributed by atoms with Crippen molar-refractivity contribution < 1.29 is 4.39 Å². The van der Waals surface area contributed by atoms with Gasteiger partial charge in [-0.2, -0.15) is 0 Å². The lowest BCUT2D eigenvalue weighted by atomic mass is 9.92. The summed E-state index contributed by atoms with van der Waals surface area (Å²) in [5.41, 5.74) is 0.885. The van der Waals surface area contributed by atoms with E-state index >= 15 is 0 Å². The molecule has 1 N–H and O–H groups in total. The molecular weight excluding hydrogens is 203 g/mol. The number of pyridine rings is 1. The van der Waals surface area contributed by atoms with Gasteiger partial charge in [0.25, 0.3) is 0 Å². The average molecular weight is 222 g/mol. The molecule has 1 aliphatic rings. The van der Waals surface area contributed by atoms with Crippen LogP contribution in [0.3, 0.4) is 0 Å². The van der Waals surface area contributed by atoms with E-state index in [1.54, 1.807) is 6.07 Å². The van der Waals surface area contributed by atoms with Gasteiger partial charge >= 0.3 is 0 Å². The lowest BCUT2D eigenvalue weighted by Crippen LogP contribution is -2.16. The molecule has 0 radical (unpaired) electrons. The van der Waals surface area contributed by atoms with Crippen LogP contribution in [0.5, 0.6) is 0 Å². The molecule has 0 amide bonds. The monoisotopic (exact) mass is 222 g/mol. The van der Waals surface area contributed by atoms with Gasteiger partial charge in [0.15, 0.2) is 11.6 Å². The van der Waals surface area contributed by atoms with Gasteiger partial charge in [-0.05, 0) is 30.9 Å². The van der Waals surface area contributed by atoms with Crippen LogP contribution in [-0.4, -0.2) is 11.5 Å². The maximum absolute atomic E-state index is 13.5. The zero-order chi connectivity index (χ0) is 11.8. The highest BCUT2D eigenvalue weighted by Gasteiger charge is 2.22. The molecule has 1 aromatic rings. The van der Waals surface area contributed by atoms with Crippen molar-refractivity contribution in [2.45, 2.75) is 39.0 Å². The standard InChI is InChI=1S/C13H19FN2/c1-13(2,3)11-7-6-10(14)12(16-11)15-8-9-4-5-9/h6-7,9H,4-5,8H2,1-3H3,(H,15,16).